The van der Waals surface area contributed by atoms with E-state index in [1.807, 2.05) is 36.4 Å². The first kappa shape index (κ1) is 19.7. The Kier molecular flexibility index (Phi) is 6.96. The normalized spacial score (nSPS) is 10.5. The molecule has 0 aliphatic carbocycles. The number of hydrogen-bond acceptors (Lipinski definition) is 2. The Labute approximate surface area is 156 Å². The van der Waals surface area contributed by atoms with E-state index in [4.69, 9.17) is 0 Å². The number of benzene rings is 2. The Bertz CT molecular complexity index is 734. The molecule has 4 nitrogen and oxygen atoms in total. The predicted octanol–water partition coefficient (Wildman–Crippen LogP) is 4.22. The minimum atomic E-state index is -0.0317. The fourth-order valence-electron chi connectivity index (χ4n) is 3.16. The van der Waals surface area contributed by atoms with Gasteiger partial charge in [-0.2, -0.15) is 0 Å². The monoisotopic (exact) mass is 352 g/mol. The molecule has 0 radical (unpaired) electrons. The van der Waals surface area contributed by atoms with Crippen molar-refractivity contribution in [3.63, 3.8) is 0 Å². The molecule has 0 saturated carbocycles. The smallest absolute Gasteiger partial charge is 0.228 e. The summed E-state index contributed by atoms with van der Waals surface area (Å²) in [5, 5.41) is 0. The third kappa shape index (κ3) is 4.51. The second kappa shape index (κ2) is 9.18. The Morgan fingerprint density at radius 2 is 1.46 bits per heavy atom. The average Bonchev–Trinajstić information content (AvgIpc) is 2.67. The van der Waals surface area contributed by atoms with Crippen LogP contribution in [-0.2, 0) is 22.4 Å². The highest BCUT2D eigenvalue weighted by Gasteiger charge is 2.20. The van der Waals surface area contributed by atoms with Gasteiger partial charge in [-0.15, -0.1) is 0 Å². The lowest BCUT2D eigenvalue weighted by atomic mass is 10.0. The number of carbonyl (C=O) groups excluding carboxylic acids is 2. The van der Waals surface area contributed by atoms with Crippen molar-refractivity contribution in [3.05, 3.63) is 59.7 Å². The molecule has 26 heavy (non-hydrogen) atoms. The van der Waals surface area contributed by atoms with Crippen LogP contribution in [0.15, 0.2) is 48.5 Å². The maximum absolute atomic E-state index is 12.6. The number of carbonyl (C=O) groups is 2. The Balaban J connectivity index is 2.20. The summed E-state index contributed by atoms with van der Waals surface area (Å²) in [7, 11) is 1.77. The van der Waals surface area contributed by atoms with Crippen LogP contribution in [0.25, 0.3) is 0 Å². The minimum Gasteiger partial charge on any atom is -0.315 e. The van der Waals surface area contributed by atoms with Crippen LogP contribution < -0.4 is 9.80 Å². The largest absolute Gasteiger partial charge is 0.315 e. The molecule has 138 valence electrons. The van der Waals surface area contributed by atoms with Crippen LogP contribution in [0.5, 0.6) is 0 Å². The van der Waals surface area contributed by atoms with Crippen molar-refractivity contribution in [2.75, 3.05) is 23.4 Å². The van der Waals surface area contributed by atoms with Crippen molar-refractivity contribution in [3.8, 4) is 0 Å². The van der Waals surface area contributed by atoms with Crippen LogP contribution in [-0.4, -0.2) is 25.4 Å². The van der Waals surface area contributed by atoms with Crippen molar-refractivity contribution in [2.45, 2.75) is 40.0 Å². The lowest BCUT2D eigenvalue weighted by Gasteiger charge is -2.27. The van der Waals surface area contributed by atoms with Gasteiger partial charge in [0.05, 0.1) is 0 Å². The van der Waals surface area contributed by atoms with Gasteiger partial charge in [0, 0.05) is 38.3 Å². The van der Waals surface area contributed by atoms with Crippen LogP contribution in [0.1, 0.15) is 38.3 Å². The molecule has 4 heteroatoms. The standard InChI is InChI=1S/C22H28N2O2/c1-5-18-11-10-12-19(6-2)22(18)24(17(3)25)16-15-21(26)23(4)20-13-8-7-9-14-20/h7-14H,5-6,15-16H2,1-4H3. The van der Waals surface area contributed by atoms with Gasteiger partial charge >= 0.3 is 0 Å². The van der Waals surface area contributed by atoms with Gasteiger partial charge in [-0.25, -0.2) is 0 Å². The summed E-state index contributed by atoms with van der Waals surface area (Å²) in [6, 6.07) is 15.7. The van der Waals surface area contributed by atoms with Crippen LogP contribution in [0.4, 0.5) is 11.4 Å². The highest BCUT2D eigenvalue weighted by atomic mass is 16.2. The second-order valence-corrected chi connectivity index (χ2v) is 6.34. The lowest BCUT2D eigenvalue weighted by Crippen LogP contribution is -2.35. The van der Waals surface area contributed by atoms with Gasteiger partial charge in [0.25, 0.3) is 0 Å². The number of rotatable bonds is 7. The maximum atomic E-state index is 12.6. The first-order valence-corrected chi connectivity index (χ1v) is 9.20. The van der Waals surface area contributed by atoms with Crippen molar-refractivity contribution >= 4 is 23.2 Å². The number of amides is 2. The first-order chi connectivity index (χ1) is 12.5. The summed E-state index contributed by atoms with van der Waals surface area (Å²) in [5.74, 6) is -0.0368. The fourth-order valence-corrected chi connectivity index (χ4v) is 3.16. The molecule has 0 unspecified atom stereocenters. The van der Waals surface area contributed by atoms with Crippen LogP contribution in [0.3, 0.4) is 0 Å². The van der Waals surface area contributed by atoms with Crippen molar-refractivity contribution in [1.29, 1.82) is 0 Å². The average molecular weight is 352 g/mol. The van der Waals surface area contributed by atoms with Gasteiger partial charge in [0.2, 0.25) is 11.8 Å². The molecule has 0 saturated heterocycles. The molecule has 0 bridgehead atoms. The molecule has 0 spiro atoms. The molecule has 0 aliphatic heterocycles. The van der Waals surface area contributed by atoms with E-state index in [0.29, 0.717) is 6.54 Å². The number of anilines is 2. The fraction of sp³-hybridized carbons (Fsp3) is 0.364. The zero-order valence-electron chi connectivity index (χ0n) is 16.2. The molecule has 0 aliphatic rings. The highest BCUT2D eigenvalue weighted by Crippen LogP contribution is 2.27. The zero-order valence-corrected chi connectivity index (χ0v) is 16.2. The number of aryl methyl sites for hydroxylation is 2. The zero-order chi connectivity index (χ0) is 19.1. The Morgan fingerprint density at radius 3 is 1.96 bits per heavy atom. The van der Waals surface area contributed by atoms with E-state index in [1.165, 1.54) is 0 Å². The van der Waals surface area contributed by atoms with Gasteiger partial charge in [0.1, 0.15) is 0 Å². The molecule has 2 aromatic carbocycles. The van der Waals surface area contributed by atoms with Crippen LogP contribution >= 0.6 is 0 Å². The van der Waals surface area contributed by atoms with E-state index in [0.717, 1.165) is 35.3 Å². The van der Waals surface area contributed by atoms with E-state index in [2.05, 4.69) is 26.0 Å². The topological polar surface area (TPSA) is 40.6 Å². The Morgan fingerprint density at radius 1 is 0.885 bits per heavy atom. The molecule has 2 amide bonds. The van der Waals surface area contributed by atoms with Crippen LogP contribution in [0.2, 0.25) is 0 Å². The van der Waals surface area contributed by atoms with Crippen molar-refractivity contribution in [2.24, 2.45) is 0 Å². The molecule has 2 aromatic rings. The lowest BCUT2D eigenvalue weighted by molar-refractivity contribution is -0.118. The summed E-state index contributed by atoms with van der Waals surface area (Å²) < 4.78 is 0. The van der Waals surface area contributed by atoms with Gasteiger partial charge < -0.3 is 9.80 Å². The molecule has 0 N–H and O–H groups in total. The molecule has 0 fully saturated rings. The van der Waals surface area contributed by atoms with E-state index in [1.54, 1.807) is 23.8 Å². The minimum absolute atomic E-state index is 0.00511. The molecule has 0 atom stereocenters. The maximum Gasteiger partial charge on any atom is 0.228 e. The molecule has 0 aromatic heterocycles. The van der Waals surface area contributed by atoms with Crippen LogP contribution in [0, 0.1) is 0 Å². The Hall–Kier alpha value is -2.62. The summed E-state index contributed by atoms with van der Waals surface area (Å²) in [6.45, 7) is 6.13. The SMILES string of the molecule is CCc1cccc(CC)c1N(CCC(=O)N(C)c1ccccc1)C(C)=O. The van der Waals surface area contributed by atoms with E-state index in [-0.39, 0.29) is 18.2 Å². The second-order valence-electron chi connectivity index (χ2n) is 6.34. The van der Waals surface area contributed by atoms with Crippen molar-refractivity contribution < 1.29 is 9.59 Å². The number of nitrogens with zero attached hydrogens (tertiary/aromatic N) is 2. The molecular weight excluding hydrogens is 324 g/mol. The number of hydrogen-bond donors (Lipinski definition) is 0. The van der Waals surface area contributed by atoms with Gasteiger partial charge in [-0.05, 0) is 36.1 Å². The highest BCUT2D eigenvalue weighted by molar-refractivity contribution is 5.96. The number of para-hydroxylation sites is 2. The molecular formula is C22H28N2O2. The third-order valence-corrected chi connectivity index (χ3v) is 4.68. The predicted molar refractivity (Wildman–Crippen MR) is 108 cm³/mol. The molecule has 0 heterocycles. The third-order valence-electron chi connectivity index (χ3n) is 4.68. The van der Waals surface area contributed by atoms with E-state index in [9.17, 15) is 9.59 Å². The first-order valence-electron chi connectivity index (χ1n) is 9.20. The summed E-state index contributed by atoms with van der Waals surface area (Å²) in [6.07, 6.45) is 1.99. The van der Waals surface area contributed by atoms with Gasteiger partial charge in [-0.1, -0.05) is 50.2 Å². The molecule has 2 rings (SSSR count). The summed E-state index contributed by atoms with van der Waals surface area (Å²) in [5.41, 5.74) is 4.11. The summed E-state index contributed by atoms with van der Waals surface area (Å²) >= 11 is 0. The van der Waals surface area contributed by atoms with E-state index >= 15 is 0 Å². The van der Waals surface area contributed by atoms with Crippen molar-refractivity contribution in [1.82, 2.24) is 0 Å². The quantitative estimate of drug-likeness (QED) is 0.749. The van der Waals surface area contributed by atoms with E-state index < -0.39 is 0 Å². The van der Waals surface area contributed by atoms with Gasteiger partial charge in [-0.3, -0.25) is 9.59 Å². The van der Waals surface area contributed by atoms with Gasteiger partial charge in [0.15, 0.2) is 0 Å². The summed E-state index contributed by atoms with van der Waals surface area (Å²) in [4.78, 5) is 28.3.